The molecular weight excluding hydrogens is 206 g/mol. The minimum atomic E-state index is -0.320. The lowest BCUT2D eigenvalue weighted by Gasteiger charge is -2.22. The van der Waals surface area contributed by atoms with Crippen molar-refractivity contribution in [3.63, 3.8) is 0 Å². The number of ether oxygens (including phenoxy) is 1. The number of rotatable bonds is 4. The number of nitrogens with zero attached hydrogens (tertiary/aromatic N) is 2. The third kappa shape index (κ3) is 2.10. The molecule has 1 aliphatic carbocycles. The maximum Gasteiger partial charge on any atom is 0.228 e. The van der Waals surface area contributed by atoms with Crippen molar-refractivity contribution >= 4 is 0 Å². The number of hydrogen-bond acceptors (Lipinski definition) is 5. The fourth-order valence-corrected chi connectivity index (χ4v) is 2.26. The van der Waals surface area contributed by atoms with Gasteiger partial charge in [0.2, 0.25) is 11.7 Å². The molecular formula is C11H19N3O2. The van der Waals surface area contributed by atoms with Gasteiger partial charge in [-0.2, -0.15) is 4.98 Å². The van der Waals surface area contributed by atoms with Crippen LogP contribution in [0.1, 0.15) is 44.3 Å². The maximum absolute atomic E-state index is 5.69. The summed E-state index contributed by atoms with van der Waals surface area (Å²) >= 11 is 0. The average Bonchev–Trinajstić information content (AvgIpc) is 2.85. The van der Waals surface area contributed by atoms with E-state index >= 15 is 0 Å². The zero-order valence-electron chi connectivity index (χ0n) is 9.90. The molecule has 0 spiro atoms. The Morgan fingerprint density at radius 2 is 2.19 bits per heavy atom. The summed E-state index contributed by atoms with van der Waals surface area (Å²) in [6, 6.07) is 0.0374. The largest absolute Gasteiger partial charge is 0.370 e. The highest BCUT2D eigenvalue weighted by Gasteiger charge is 2.40. The monoisotopic (exact) mass is 225 g/mol. The molecule has 16 heavy (non-hydrogen) atoms. The minimum absolute atomic E-state index is 0.0374. The number of hydrogen-bond donors (Lipinski definition) is 1. The first-order chi connectivity index (χ1) is 7.66. The van der Waals surface area contributed by atoms with Gasteiger partial charge in [-0.25, -0.2) is 0 Å². The molecule has 0 radical (unpaired) electrons. The van der Waals surface area contributed by atoms with Gasteiger partial charge in [-0.1, -0.05) is 5.16 Å². The zero-order chi connectivity index (χ0) is 11.6. The Balaban J connectivity index is 2.16. The van der Waals surface area contributed by atoms with E-state index in [1.807, 2.05) is 6.92 Å². The van der Waals surface area contributed by atoms with Crippen LogP contribution >= 0.6 is 0 Å². The van der Waals surface area contributed by atoms with Crippen LogP contribution in [-0.2, 0) is 16.8 Å². The van der Waals surface area contributed by atoms with Gasteiger partial charge < -0.3 is 15.0 Å². The summed E-state index contributed by atoms with van der Waals surface area (Å²) in [6.45, 7) is 1.92. The highest BCUT2D eigenvalue weighted by molar-refractivity contribution is 5.04. The lowest BCUT2D eigenvalue weighted by atomic mass is 10.0. The third-order valence-corrected chi connectivity index (χ3v) is 3.17. The van der Waals surface area contributed by atoms with Gasteiger partial charge in [-0.15, -0.1) is 0 Å². The van der Waals surface area contributed by atoms with E-state index in [1.54, 1.807) is 7.11 Å². The van der Waals surface area contributed by atoms with Crippen LogP contribution in [0.3, 0.4) is 0 Å². The fraction of sp³-hybridized carbons (Fsp3) is 0.818. The van der Waals surface area contributed by atoms with Gasteiger partial charge in [-0.05, 0) is 32.6 Å². The molecule has 90 valence electrons. The normalized spacial score (nSPS) is 21.2. The van der Waals surface area contributed by atoms with Gasteiger partial charge in [0, 0.05) is 19.6 Å². The van der Waals surface area contributed by atoms with Crippen LogP contribution in [0.5, 0.6) is 0 Å². The van der Waals surface area contributed by atoms with E-state index in [9.17, 15) is 0 Å². The van der Waals surface area contributed by atoms with Gasteiger partial charge >= 0.3 is 0 Å². The van der Waals surface area contributed by atoms with Crippen LogP contribution in [0.2, 0.25) is 0 Å². The Morgan fingerprint density at radius 1 is 1.50 bits per heavy atom. The smallest absolute Gasteiger partial charge is 0.228 e. The summed E-state index contributed by atoms with van der Waals surface area (Å²) < 4.78 is 10.8. The summed E-state index contributed by atoms with van der Waals surface area (Å²) in [5.41, 5.74) is 5.37. The van der Waals surface area contributed by atoms with Gasteiger partial charge in [0.15, 0.2) is 0 Å². The summed E-state index contributed by atoms with van der Waals surface area (Å²) in [5.74, 6) is 1.29. The SMILES string of the molecule is COC1(c2noc(CC(C)N)n2)CCCC1. The molecule has 5 heteroatoms. The molecule has 0 amide bonds. The summed E-state index contributed by atoms with van der Waals surface area (Å²) in [7, 11) is 1.72. The van der Waals surface area contributed by atoms with Crippen molar-refractivity contribution < 1.29 is 9.26 Å². The van der Waals surface area contributed by atoms with Gasteiger partial charge in [0.25, 0.3) is 0 Å². The molecule has 1 atom stereocenters. The Bertz CT molecular complexity index is 343. The Hall–Kier alpha value is -0.940. The molecule has 5 nitrogen and oxygen atoms in total. The minimum Gasteiger partial charge on any atom is -0.370 e. The molecule has 1 heterocycles. The van der Waals surface area contributed by atoms with Crippen molar-refractivity contribution in [1.29, 1.82) is 0 Å². The first-order valence-electron chi connectivity index (χ1n) is 5.80. The summed E-state index contributed by atoms with van der Waals surface area (Å²) in [4.78, 5) is 4.39. The first kappa shape index (κ1) is 11.5. The molecule has 1 unspecified atom stereocenters. The van der Waals surface area contributed by atoms with Crippen LogP contribution in [0.25, 0.3) is 0 Å². The van der Waals surface area contributed by atoms with E-state index in [0.717, 1.165) is 25.7 Å². The Kier molecular flexibility index (Phi) is 3.25. The zero-order valence-corrected chi connectivity index (χ0v) is 9.90. The average molecular weight is 225 g/mol. The van der Waals surface area contributed by atoms with E-state index in [-0.39, 0.29) is 11.6 Å². The second kappa shape index (κ2) is 4.51. The predicted molar refractivity (Wildman–Crippen MR) is 58.8 cm³/mol. The molecule has 1 fully saturated rings. The number of nitrogens with two attached hydrogens (primary N) is 1. The van der Waals surface area contributed by atoms with E-state index < -0.39 is 0 Å². The maximum atomic E-state index is 5.69. The van der Waals surface area contributed by atoms with Gasteiger partial charge in [0.1, 0.15) is 5.60 Å². The van der Waals surface area contributed by atoms with Gasteiger partial charge in [0.05, 0.1) is 0 Å². The Morgan fingerprint density at radius 3 is 2.75 bits per heavy atom. The molecule has 0 bridgehead atoms. The summed E-state index contributed by atoms with van der Waals surface area (Å²) in [6.07, 6.45) is 4.88. The van der Waals surface area contributed by atoms with E-state index in [0.29, 0.717) is 18.1 Å². The van der Waals surface area contributed by atoms with Crippen LogP contribution in [0.4, 0.5) is 0 Å². The topological polar surface area (TPSA) is 74.2 Å². The lowest BCUT2D eigenvalue weighted by Crippen LogP contribution is -2.26. The molecule has 2 rings (SSSR count). The standard InChI is InChI=1S/C11H19N3O2/c1-8(12)7-9-13-10(14-16-9)11(15-2)5-3-4-6-11/h8H,3-7,12H2,1-2H3. The number of methoxy groups -OCH3 is 1. The van der Waals surface area contributed by atoms with Crippen molar-refractivity contribution in [2.75, 3.05) is 7.11 Å². The van der Waals surface area contributed by atoms with Crippen molar-refractivity contribution in [2.45, 2.75) is 50.7 Å². The van der Waals surface area contributed by atoms with Crippen LogP contribution in [-0.4, -0.2) is 23.3 Å². The highest BCUT2D eigenvalue weighted by Crippen LogP contribution is 2.40. The van der Waals surface area contributed by atoms with Crippen molar-refractivity contribution in [1.82, 2.24) is 10.1 Å². The summed E-state index contributed by atoms with van der Waals surface area (Å²) in [5, 5.41) is 4.03. The third-order valence-electron chi connectivity index (χ3n) is 3.17. The second-order valence-electron chi connectivity index (χ2n) is 4.60. The fourth-order valence-electron chi connectivity index (χ4n) is 2.26. The Labute approximate surface area is 95.3 Å². The van der Waals surface area contributed by atoms with Crippen LogP contribution in [0, 0.1) is 0 Å². The van der Waals surface area contributed by atoms with E-state index in [1.165, 1.54) is 0 Å². The number of aromatic nitrogens is 2. The second-order valence-corrected chi connectivity index (χ2v) is 4.60. The molecule has 0 saturated heterocycles. The lowest BCUT2D eigenvalue weighted by molar-refractivity contribution is -0.0178. The first-order valence-corrected chi connectivity index (χ1v) is 5.80. The van der Waals surface area contributed by atoms with Crippen molar-refractivity contribution in [2.24, 2.45) is 5.73 Å². The highest BCUT2D eigenvalue weighted by atomic mass is 16.5. The quantitative estimate of drug-likeness (QED) is 0.837. The van der Waals surface area contributed by atoms with Crippen molar-refractivity contribution in [3.05, 3.63) is 11.7 Å². The molecule has 1 saturated carbocycles. The van der Waals surface area contributed by atoms with Gasteiger partial charge in [-0.3, -0.25) is 0 Å². The molecule has 0 aromatic carbocycles. The molecule has 1 aliphatic rings. The molecule has 0 aliphatic heterocycles. The van der Waals surface area contributed by atoms with E-state index in [2.05, 4.69) is 10.1 Å². The van der Waals surface area contributed by atoms with E-state index in [4.69, 9.17) is 15.0 Å². The van der Waals surface area contributed by atoms with Crippen LogP contribution in [0.15, 0.2) is 4.52 Å². The molecule has 1 aromatic rings. The predicted octanol–water partition coefficient (Wildman–Crippen LogP) is 1.37. The van der Waals surface area contributed by atoms with Crippen LogP contribution < -0.4 is 5.73 Å². The molecule has 2 N–H and O–H groups in total. The molecule has 1 aromatic heterocycles. The van der Waals surface area contributed by atoms with Crippen molar-refractivity contribution in [3.8, 4) is 0 Å².